The van der Waals surface area contributed by atoms with Gasteiger partial charge in [-0.2, -0.15) is 0 Å². The van der Waals surface area contributed by atoms with E-state index >= 15 is 0 Å². The van der Waals surface area contributed by atoms with Crippen LogP contribution >= 0.6 is 0 Å². The van der Waals surface area contributed by atoms with Gasteiger partial charge >= 0.3 is 5.97 Å². The number of carbonyl (C=O) groups is 2. The van der Waals surface area contributed by atoms with E-state index in [1.807, 2.05) is 0 Å². The normalized spacial score (nSPS) is 9.57. The molecule has 4 heteroatoms. The van der Waals surface area contributed by atoms with Gasteiger partial charge in [-0.1, -0.05) is 12.1 Å². The third kappa shape index (κ3) is 2.39. The molecule has 0 aliphatic carbocycles. The smallest absolute Gasteiger partial charge is 0.310 e. The minimum absolute atomic E-state index is 0.124. The lowest BCUT2D eigenvalue weighted by Crippen LogP contribution is -2.06. The van der Waals surface area contributed by atoms with E-state index in [-0.39, 0.29) is 17.5 Å². The van der Waals surface area contributed by atoms with Crippen molar-refractivity contribution in [3.8, 4) is 0 Å². The number of halogens is 1. The molecular weight excluding hydrogens is 187 g/mol. The molecule has 0 saturated heterocycles. The van der Waals surface area contributed by atoms with Crippen molar-refractivity contribution in [1.82, 2.24) is 0 Å². The van der Waals surface area contributed by atoms with Crippen LogP contribution in [0.1, 0.15) is 15.9 Å². The highest BCUT2D eigenvalue weighted by Crippen LogP contribution is 2.10. The van der Waals surface area contributed by atoms with Crippen LogP contribution in [0, 0.1) is 5.82 Å². The number of ether oxygens (including phenoxy) is 1. The van der Waals surface area contributed by atoms with Crippen molar-refractivity contribution in [1.29, 1.82) is 0 Å². The Morgan fingerprint density at radius 2 is 2.29 bits per heavy atom. The molecule has 0 saturated carbocycles. The second-order valence-electron chi connectivity index (χ2n) is 2.72. The first-order valence-electron chi connectivity index (χ1n) is 3.97. The average molecular weight is 196 g/mol. The summed E-state index contributed by atoms with van der Waals surface area (Å²) >= 11 is 0. The number of hydrogen-bond donors (Lipinski definition) is 0. The Morgan fingerprint density at radius 3 is 2.79 bits per heavy atom. The summed E-state index contributed by atoms with van der Waals surface area (Å²) in [5.74, 6) is -1.08. The van der Waals surface area contributed by atoms with Gasteiger partial charge in [-0.15, -0.1) is 0 Å². The molecule has 0 atom stereocenters. The second-order valence-corrected chi connectivity index (χ2v) is 2.72. The van der Waals surface area contributed by atoms with Gasteiger partial charge < -0.3 is 4.74 Å². The highest BCUT2D eigenvalue weighted by Gasteiger charge is 2.08. The van der Waals surface area contributed by atoms with Gasteiger partial charge in [0.25, 0.3) is 0 Å². The molecule has 14 heavy (non-hydrogen) atoms. The van der Waals surface area contributed by atoms with Gasteiger partial charge in [-0.25, -0.2) is 4.39 Å². The number of hydrogen-bond acceptors (Lipinski definition) is 3. The van der Waals surface area contributed by atoms with Crippen LogP contribution in [-0.4, -0.2) is 19.4 Å². The maximum Gasteiger partial charge on any atom is 0.310 e. The van der Waals surface area contributed by atoms with Crippen molar-refractivity contribution in [3.63, 3.8) is 0 Å². The largest absolute Gasteiger partial charge is 0.469 e. The lowest BCUT2D eigenvalue weighted by Gasteiger charge is -2.01. The van der Waals surface area contributed by atoms with Crippen molar-refractivity contribution in [2.24, 2.45) is 0 Å². The predicted molar refractivity (Wildman–Crippen MR) is 47.5 cm³/mol. The quantitative estimate of drug-likeness (QED) is 0.541. The zero-order valence-electron chi connectivity index (χ0n) is 7.62. The van der Waals surface area contributed by atoms with E-state index in [1.165, 1.54) is 19.2 Å². The fraction of sp³-hybridized carbons (Fsp3) is 0.200. The summed E-state index contributed by atoms with van der Waals surface area (Å²) in [6.07, 6.45) is 0.423. The summed E-state index contributed by atoms with van der Waals surface area (Å²) in [4.78, 5) is 21.1. The first-order chi connectivity index (χ1) is 6.67. The third-order valence-electron chi connectivity index (χ3n) is 1.78. The zero-order valence-corrected chi connectivity index (χ0v) is 7.62. The fourth-order valence-electron chi connectivity index (χ4n) is 1.01. The summed E-state index contributed by atoms with van der Waals surface area (Å²) in [6, 6.07) is 3.94. The van der Waals surface area contributed by atoms with Crippen LogP contribution in [0.5, 0.6) is 0 Å². The number of carbonyl (C=O) groups excluding carboxylic acids is 2. The monoisotopic (exact) mass is 196 g/mol. The number of esters is 1. The highest BCUT2D eigenvalue weighted by atomic mass is 19.1. The van der Waals surface area contributed by atoms with E-state index in [1.54, 1.807) is 0 Å². The lowest BCUT2D eigenvalue weighted by molar-refractivity contribution is -0.139. The molecular formula is C10H9FO3. The molecule has 1 aromatic carbocycles. The van der Waals surface area contributed by atoms with E-state index < -0.39 is 11.8 Å². The van der Waals surface area contributed by atoms with Gasteiger partial charge in [0, 0.05) is 5.56 Å². The van der Waals surface area contributed by atoms with Crippen LogP contribution < -0.4 is 0 Å². The van der Waals surface area contributed by atoms with E-state index in [0.29, 0.717) is 6.29 Å². The molecule has 0 heterocycles. The first-order valence-corrected chi connectivity index (χ1v) is 3.97. The van der Waals surface area contributed by atoms with Gasteiger partial charge in [-0.3, -0.25) is 9.59 Å². The third-order valence-corrected chi connectivity index (χ3v) is 1.78. The Bertz CT molecular complexity index is 360. The molecule has 3 nitrogen and oxygen atoms in total. The van der Waals surface area contributed by atoms with Crippen molar-refractivity contribution in [2.45, 2.75) is 6.42 Å². The van der Waals surface area contributed by atoms with Gasteiger partial charge in [0.2, 0.25) is 0 Å². The Labute approximate surface area is 80.5 Å². The molecule has 1 aromatic rings. The van der Waals surface area contributed by atoms with Crippen molar-refractivity contribution >= 4 is 12.3 Å². The molecule has 0 radical (unpaired) electrons. The predicted octanol–water partition coefficient (Wildman–Crippen LogP) is 1.35. The Kier molecular flexibility index (Phi) is 3.34. The Hall–Kier alpha value is -1.71. The second kappa shape index (κ2) is 4.50. The summed E-state index contributed by atoms with van der Waals surface area (Å²) in [6.45, 7) is 0. The number of aldehydes is 1. The molecule has 0 amide bonds. The van der Waals surface area contributed by atoms with Gasteiger partial charge in [0.15, 0.2) is 0 Å². The SMILES string of the molecule is COC(=O)Cc1ccc(C=O)cc1F. The maximum absolute atomic E-state index is 13.2. The maximum atomic E-state index is 13.2. The highest BCUT2D eigenvalue weighted by molar-refractivity contribution is 5.76. The summed E-state index contributed by atoms with van der Waals surface area (Å²) in [5, 5.41) is 0. The van der Waals surface area contributed by atoms with Crippen LogP contribution in [0.3, 0.4) is 0 Å². The molecule has 0 aliphatic heterocycles. The molecule has 0 aromatic heterocycles. The van der Waals surface area contributed by atoms with Gasteiger partial charge in [-0.05, 0) is 11.6 Å². The van der Waals surface area contributed by atoms with Crippen molar-refractivity contribution in [2.75, 3.05) is 7.11 Å². The number of rotatable bonds is 3. The molecule has 0 N–H and O–H groups in total. The Morgan fingerprint density at radius 1 is 1.57 bits per heavy atom. The molecule has 0 spiro atoms. The van der Waals surface area contributed by atoms with E-state index in [9.17, 15) is 14.0 Å². The summed E-state index contributed by atoms with van der Waals surface area (Å²) in [7, 11) is 1.24. The minimum atomic E-state index is -0.569. The van der Waals surface area contributed by atoms with Crippen molar-refractivity contribution < 1.29 is 18.7 Å². The molecule has 1 rings (SSSR count). The number of methoxy groups -OCH3 is 1. The van der Waals surface area contributed by atoms with Crippen LogP contribution in [0.2, 0.25) is 0 Å². The molecule has 74 valence electrons. The van der Waals surface area contributed by atoms with Crippen LogP contribution in [-0.2, 0) is 16.0 Å². The first kappa shape index (κ1) is 10.4. The standard InChI is InChI=1S/C10H9FO3/c1-14-10(13)5-8-3-2-7(6-12)4-9(8)11/h2-4,6H,5H2,1H3. The molecule has 0 bridgehead atoms. The van der Waals surface area contributed by atoms with Crippen molar-refractivity contribution in [3.05, 3.63) is 35.1 Å². The van der Waals surface area contributed by atoms with Crippen LogP contribution in [0.15, 0.2) is 18.2 Å². The van der Waals surface area contributed by atoms with E-state index in [0.717, 1.165) is 6.07 Å². The van der Waals surface area contributed by atoms with Gasteiger partial charge in [0.05, 0.1) is 13.5 Å². The Balaban J connectivity index is 2.89. The van der Waals surface area contributed by atoms with E-state index in [2.05, 4.69) is 4.74 Å². The van der Waals surface area contributed by atoms with Crippen LogP contribution in [0.4, 0.5) is 4.39 Å². The summed E-state index contributed by atoms with van der Waals surface area (Å²) in [5.41, 5.74) is 0.471. The summed E-state index contributed by atoms with van der Waals surface area (Å²) < 4.78 is 17.6. The minimum Gasteiger partial charge on any atom is -0.469 e. The fourth-order valence-corrected chi connectivity index (χ4v) is 1.01. The molecule has 0 aliphatic rings. The average Bonchev–Trinajstić information content (AvgIpc) is 2.20. The zero-order chi connectivity index (χ0) is 10.6. The topological polar surface area (TPSA) is 43.4 Å². The molecule has 0 unspecified atom stereocenters. The van der Waals surface area contributed by atoms with E-state index in [4.69, 9.17) is 0 Å². The molecule has 0 fully saturated rings. The van der Waals surface area contributed by atoms with Crippen LogP contribution in [0.25, 0.3) is 0 Å². The lowest BCUT2D eigenvalue weighted by atomic mass is 10.1. The van der Waals surface area contributed by atoms with Gasteiger partial charge in [0.1, 0.15) is 12.1 Å². The number of benzene rings is 1.